The van der Waals surface area contributed by atoms with Crippen LogP contribution in [-0.2, 0) is 4.74 Å². The lowest BCUT2D eigenvalue weighted by atomic mass is 10.3. The molecule has 1 radical (unpaired) electrons. The molecule has 0 N–H and O–H groups in total. The molecule has 0 aromatic heterocycles. The Balaban J connectivity index is 2.63. The van der Waals surface area contributed by atoms with Gasteiger partial charge in [0, 0.05) is 0 Å². The van der Waals surface area contributed by atoms with Crippen LogP contribution in [0.5, 0.6) is 5.75 Å². The van der Waals surface area contributed by atoms with Crippen LogP contribution >= 0.6 is 0 Å². The summed E-state index contributed by atoms with van der Waals surface area (Å²) in [6, 6.07) is 5.59. The van der Waals surface area contributed by atoms with Gasteiger partial charge >= 0.3 is 6.16 Å². The molecule has 3 nitrogen and oxygen atoms in total. The Kier molecular flexibility index (Phi) is 3.25. The fourth-order valence-corrected chi connectivity index (χ4v) is 0.738. The van der Waals surface area contributed by atoms with Crippen molar-refractivity contribution in [3.8, 4) is 5.75 Å². The maximum absolute atomic E-state index is 12.8. The van der Waals surface area contributed by atoms with Crippen LogP contribution in [0, 0.1) is 12.4 Å². The number of rotatable bonds is 2. The number of carbonyl (C=O) groups is 1. The smallest absolute Gasteiger partial charge is 0.427 e. The standard InChI is InChI=1S/C9H8FO3/c1-2-12-9(11)13-8-6-4-3-5-7(8)10/h2-6H,1H3. The van der Waals surface area contributed by atoms with Crippen LogP contribution in [-0.4, -0.2) is 6.16 Å². The summed E-state index contributed by atoms with van der Waals surface area (Å²) in [6.07, 6.45) is -0.951. The van der Waals surface area contributed by atoms with E-state index in [1.807, 2.05) is 0 Å². The van der Waals surface area contributed by atoms with Gasteiger partial charge < -0.3 is 9.47 Å². The average Bonchev–Trinajstić information content (AvgIpc) is 2.09. The molecule has 0 aliphatic heterocycles. The van der Waals surface area contributed by atoms with Gasteiger partial charge in [-0.3, -0.25) is 0 Å². The maximum Gasteiger partial charge on any atom is 0.514 e. The Morgan fingerprint density at radius 3 is 2.77 bits per heavy atom. The third-order valence-electron chi connectivity index (χ3n) is 1.24. The van der Waals surface area contributed by atoms with Crippen LogP contribution in [0.4, 0.5) is 9.18 Å². The molecule has 69 valence electrons. The molecule has 1 rings (SSSR count). The average molecular weight is 183 g/mol. The lowest BCUT2D eigenvalue weighted by Crippen LogP contribution is -2.08. The van der Waals surface area contributed by atoms with Crippen molar-refractivity contribution in [1.29, 1.82) is 0 Å². The molecule has 0 saturated carbocycles. The van der Waals surface area contributed by atoms with E-state index in [4.69, 9.17) is 0 Å². The van der Waals surface area contributed by atoms with Gasteiger partial charge in [0.25, 0.3) is 0 Å². The minimum Gasteiger partial charge on any atom is -0.427 e. The highest BCUT2D eigenvalue weighted by atomic mass is 19.1. The monoisotopic (exact) mass is 183 g/mol. The number of benzene rings is 1. The molecule has 0 spiro atoms. The zero-order valence-corrected chi connectivity index (χ0v) is 6.99. The summed E-state index contributed by atoms with van der Waals surface area (Å²) in [5, 5.41) is 0. The molecule has 13 heavy (non-hydrogen) atoms. The van der Waals surface area contributed by atoms with Crippen molar-refractivity contribution in [2.75, 3.05) is 0 Å². The van der Waals surface area contributed by atoms with Gasteiger partial charge in [-0.25, -0.2) is 9.18 Å². The van der Waals surface area contributed by atoms with E-state index < -0.39 is 12.0 Å². The lowest BCUT2D eigenvalue weighted by molar-refractivity contribution is 0.122. The van der Waals surface area contributed by atoms with Crippen LogP contribution in [0.25, 0.3) is 0 Å². The third kappa shape index (κ3) is 2.74. The number of hydrogen-bond donors (Lipinski definition) is 0. The second-order valence-corrected chi connectivity index (χ2v) is 2.14. The highest BCUT2D eigenvalue weighted by Crippen LogP contribution is 2.15. The summed E-state index contributed by atoms with van der Waals surface area (Å²) in [4.78, 5) is 10.7. The van der Waals surface area contributed by atoms with Crippen molar-refractivity contribution in [3.05, 3.63) is 36.7 Å². The molecule has 4 heteroatoms. The van der Waals surface area contributed by atoms with E-state index in [2.05, 4.69) is 9.47 Å². The molecule has 0 saturated heterocycles. The first-order valence-electron chi connectivity index (χ1n) is 3.65. The predicted octanol–water partition coefficient (Wildman–Crippen LogP) is 2.52. The van der Waals surface area contributed by atoms with Gasteiger partial charge in [0.1, 0.15) is 6.61 Å². The molecule has 0 amide bonds. The van der Waals surface area contributed by atoms with E-state index in [9.17, 15) is 9.18 Å². The fourth-order valence-electron chi connectivity index (χ4n) is 0.738. The number of hydrogen-bond acceptors (Lipinski definition) is 3. The lowest BCUT2D eigenvalue weighted by Gasteiger charge is -2.03. The van der Waals surface area contributed by atoms with Gasteiger partial charge in [0.15, 0.2) is 11.6 Å². The number of ether oxygens (including phenoxy) is 2. The molecule has 0 fully saturated rings. The summed E-state index contributed by atoms with van der Waals surface area (Å²) in [7, 11) is 0. The van der Waals surface area contributed by atoms with Gasteiger partial charge in [-0.1, -0.05) is 12.1 Å². The second kappa shape index (κ2) is 4.45. The zero-order chi connectivity index (χ0) is 9.68. The summed E-state index contributed by atoms with van der Waals surface area (Å²) < 4.78 is 21.7. The van der Waals surface area contributed by atoms with Crippen LogP contribution in [0.3, 0.4) is 0 Å². The summed E-state index contributed by atoms with van der Waals surface area (Å²) in [6.45, 7) is 2.67. The maximum atomic E-state index is 12.8. The van der Waals surface area contributed by atoms with Gasteiger partial charge in [-0.15, -0.1) is 0 Å². The summed E-state index contributed by atoms with van der Waals surface area (Å²) >= 11 is 0. The Hall–Kier alpha value is -1.58. The van der Waals surface area contributed by atoms with E-state index in [-0.39, 0.29) is 5.75 Å². The molecule has 0 unspecified atom stereocenters. The number of para-hydroxylation sites is 1. The van der Waals surface area contributed by atoms with Gasteiger partial charge in [-0.2, -0.15) is 0 Å². The van der Waals surface area contributed by atoms with Crippen LogP contribution in [0.2, 0.25) is 0 Å². The molecule has 0 atom stereocenters. The van der Waals surface area contributed by atoms with E-state index in [1.54, 1.807) is 6.07 Å². The van der Waals surface area contributed by atoms with E-state index >= 15 is 0 Å². The Labute approximate surface area is 75.1 Å². The molecule has 1 aromatic carbocycles. The topological polar surface area (TPSA) is 35.5 Å². The fraction of sp³-hybridized carbons (Fsp3) is 0.111. The van der Waals surface area contributed by atoms with Crippen molar-refractivity contribution in [3.63, 3.8) is 0 Å². The summed E-state index contributed by atoms with van der Waals surface area (Å²) in [5.74, 6) is -0.745. The van der Waals surface area contributed by atoms with Crippen molar-refractivity contribution < 1.29 is 18.7 Å². The van der Waals surface area contributed by atoms with Crippen molar-refractivity contribution in [2.45, 2.75) is 6.92 Å². The molecule has 0 heterocycles. The normalized spacial score (nSPS) is 9.38. The van der Waals surface area contributed by atoms with Gasteiger partial charge in [-0.05, 0) is 19.1 Å². The van der Waals surface area contributed by atoms with E-state index in [1.165, 1.54) is 25.1 Å². The number of halogens is 1. The quantitative estimate of drug-likeness (QED) is 0.522. The molecule has 0 bridgehead atoms. The second-order valence-electron chi connectivity index (χ2n) is 2.14. The van der Waals surface area contributed by atoms with Crippen molar-refractivity contribution in [2.24, 2.45) is 0 Å². The van der Waals surface area contributed by atoms with Crippen LogP contribution in [0.15, 0.2) is 24.3 Å². The Bertz CT molecular complexity index is 299. The van der Waals surface area contributed by atoms with Crippen LogP contribution in [0.1, 0.15) is 6.92 Å². The SMILES string of the molecule is C[CH]OC(=O)Oc1ccccc1F. The number of carbonyl (C=O) groups excluding carboxylic acids is 1. The minimum absolute atomic E-state index is 0.144. The predicted molar refractivity (Wildman–Crippen MR) is 43.5 cm³/mol. The Morgan fingerprint density at radius 2 is 2.15 bits per heavy atom. The first kappa shape index (κ1) is 9.51. The van der Waals surface area contributed by atoms with Crippen LogP contribution < -0.4 is 4.74 Å². The van der Waals surface area contributed by atoms with E-state index in [0.29, 0.717) is 0 Å². The molecule has 0 aliphatic carbocycles. The summed E-state index contributed by atoms with van der Waals surface area (Å²) in [5.41, 5.74) is 0. The minimum atomic E-state index is -0.951. The van der Waals surface area contributed by atoms with E-state index in [0.717, 1.165) is 6.61 Å². The van der Waals surface area contributed by atoms with Crippen molar-refractivity contribution >= 4 is 6.16 Å². The molecule has 1 aromatic rings. The molecule has 0 aliphatic rings. The molecular formula is C9H8FO3. The van der Waals surface area contributed by atoms with Gasteiger partial charge in [0.2, 0.25) is 0 Å². The zero-order valence-electron chi connectivity index (χ0n) is 6.99. The van der Waals surface area contributed by atoms with Gasteiger partial charge in [0.05, 0.1) is 0 Å². The first-order valence-corrected chi connectivity index (χ1v) is 3.65. The molecular weight excluding hydrogens is 175 g/mol. The largest absolute Gasteiger partial charge is 0.514 e. The first-order chi connectivity index (χ1) is 6.24. The highest BCUT2D eigenvalue weighted by molar-refractivity contribution is 5.64. The Morgan fingerprint density at radius 1 is 1.46 bits per heavy atom. The third-order valence-corrected chi connectivity index (χ3v) is 1.24. The van der Waals surface area contributed by atoms with Crippen molar-refractivity contribution in [1.82, 2.24) is 0 Å². The highest BCUT2D eigenvalue weighted by Gasteiger charge is 2.08.